The van der Waals surface area contributed by atoms with E-state index in [0.717, 1.165) is 18.4 Å². The minimum Gasteiger partial charge on any atom is -0.472 e. The van der Waals surface area contributed by atoms with Crippen LogP contribution >= 0.6 is 0 Å². The van der Waals surface area contributed by atoms with Crippen LogP contribution < -0.4 is 0 Å². The molecule has 1 saturated carbocycles. The van der Waals surface area contributed by atoms with Gasteiger partial charge in [-0.05, 0) is 24.5 Å². The van der Waals surface area contributed by atoms with Gasteiger partial charge in [0.25, 0.3) is 0 Å². The van der Waals surface area contributed by atoms with Crippen LogP contribution in [0.1, 0.15) is 49.3 Å². The van der Waals surface area contributed by atoms with E-state index in [9.17, 15) is 5.11 Å². The molecule has 0 aliphatic heterocycles. The molecule has 1 heterocycles. The Morgan fingerprint density at radius 1 is 1.00 bits per heavy atom. The average molecular weight is 256 g/mol. The molecule has 100 valence electrons. The van der Waals surface area contributed by atoms with Crippen molar-refractivity contribution in [2.75, 3.05) is 0 Å². The highest BCUT2D eigenvalue weighted by molar-refractivity contribution is 5.31. The minimum absolute atomic E-state index is 0.149. The molecule has 0 radical (unpaired) electrons. The molecule has 1 aliphatic carbocycles. The van der Waals surface area contributed by atoms with Gasteiger partial charge in [0, 0.05) is 11.0 Å². The van der Waals surface area contributed by atoms with Crippen LogP contribution in [0.5, 0.6) is 0 Å². The molecule has 1 N–H and O–H groups in total. The van der Waals surface area contributed by atoms with Gasteiger partial charge in [-0.1, -0.05) is 49.6 Å². The molecule has 1 fully saturated rings. The van der Waals surface area contributed by atoms with E-state index in [1.807, 2.05) is 12.1 Å². The Hall–Kier alpha value is -1.54. The van der Waals surface area contributed by atoms with Crippen molar-refractivity contribution in [3.63, 3.8) is 0 Å². The first-order chi connectivity index (χ1) is 9.33. The third-order valence-corrected chi connectivity index (χ3v) is 4.48. The van der Waals surface area contributed by atoms with Crippen LogP contribution in [0.4, 0.5) is 0 Å². The van der Waals surface area contributed by atoms with E-state index in [-0.39, 0.29) is 5.41 Å². The molecular formula is C17H20O2. The summed E-state index contributed by atoms with van der Waals surface area (Å²) < 4.78 is 5.15. The summed E-state index contributed by atoms with van der Waals surface area (Å²) in [6.07, 6.45) is 8.56. The van der Waals surface area contributed by atoms with Crippen molar-refractivity contribution in [2.24, 2.45) is 0 Å². The molecule has 1 aliphatic rings. The van der Waals surface area contributed by atoms with Crippen molar-refractivity contribution in [3.05, 3.63) is 60.1 Å². The maximum atomic E-state index is 10.9. The standard InChI is InChI=1S/C17H20O2/c18-16(14-9-12-19-13-14)17(10-5-2-6-11-17)15-7-3-1-4-8-15/h1,3-4,7-9,12-13,16,18H,2,5-6,10-11H2. The Morgan fingerprint density at radius 2 is 1.74 bits per heavy atom. The summed E-state index contributed by atoms with van der Waals surface area (Å²) in [5, 5.41) is 10.9. The van der Waals surface area contributed by atoms with E-state index < -0.39 is 6.10 Å². The van der Waals surface area contributed by atoms with E-state index in [1.165, 1.54) is 24.8 Å². The molecule has 2 heteroatoms. The predicted molar refractivity (Wildman–Crippen MR) is 74.9 cm³/mol. The van der Waals surface area contributed by atoms with Crippen molar-refractivity contribution < 1.29 is 9.52 Å². The second kappa shape index (κ2) is 5.22. The number of furan rings is 1. The van der Waals surface area contributed by atoms with Gasteiger partial charge in [0.15, 0.2) is 0 Å². The first kappa shape index (κ1) is 12.5. The van der Waals surface area contributed by atoms with Gasteiger partial charge in [-0.15, -0.1) is 0 Å². The van der Waals surface area contributed by atoms with Gasteiger partial charge in [-0.2, -0.15) is 0 Å². The summed E-state index contributed by atoms with van der Waals surface area (Å²) in [6.45, 7) is 0. The molecular weight excluding hydrogens is 236 g/mol. The van der Waals surface area contributed by atoms with E-state index in [0.29, 0.717) is 0 Å². The smallest absolute Gasteiger partial charge is 0.0960 e. The minimum atomic E-state index is -0.478. The lowest BCUT2D eigenvalue weighted by Crippen LogP contribution is -2.35. The second-order valence-corrected chi connectivity index (χ2v) is 5.54. The van der Waals surface area contributed by atoms with Gasteiger partial charge < -0.3 is 9.52 Å². The van der Waals surface area contributed by atoms with Crippen LogP contribution in [-0.4, -0.2) is 5.11 Å². The van der Waals surface area contributed by atoms with Crippen molar-refractivity contribution in [1.29, 1.82) is 0 Å². The quantitative estimate of drug-likeness (QED) is 0.892. The van der Waals surface area contributed by atoms with Crippen LogP contribution in [0.25, 0.3) is 0 Å². The third-order valence-electron chi connectivity index (χ3n) is 4.48. The number of hydrogen-bond acceptors (Lipinski definition) is 2. The number of benzene rings is 1. The number of rotatable bonds is 3. The molecule has 3 rings (SSSR count). The first-order valence-electron chi connectivity index (χ1n) is 7.09. The second-order valence-electron chi connectivity index (χ2n) is 5.54. The SMILES string of the molecule is OC(c1ccoc1)C1(c2ccccc2)CCCCC1. The van der Waals surface area contributed by atoms with Gasteiger partial charge >= 0.3 is 0 Å². The number of aliphatic hydroxyl groups excluding tert-OH is 1. The van der Waals surface area contributed by atoms with E-state index in [4.69, 9.17) is 4.42 Å². The Labute approximate surface area is 114 Å². The summed E-state index contributed by atoms with van der Waals surface area (Å²) in [7, 11) is 0. The Bertz CT molecular complexity index is 495. The summed E-state index contributed by atoms with van der Waals surface area (Å²) >= 11 is 0. The van der Waals surface area contributed by atoms with Crippen molar-refractivity contribution in [1.82, 2.24) is 0 Å². The highest BCUT2D eigenvalue weighted by Gasteiger charge is 2.41. The molecule has 0 saturated heterocycles. The van der Waals surface area contributed by atoms with E-state index >= 15 is 0 Å². The molecule has 1 atom stereocenters. The van der Waals surface area contributed by atoms with Crippen molar-refractivity contribution in [2.45, 2.75) is 43.6 Å². The van der Waals surface area contributed by atoms with Crippen molar-refractivity contribution in [3.8, 4) is 0 Å². The fourth-order valence-corrected chi connectivity index (χ4v) is 3.42. The van der Waals surface area contributed by atoms with Crippen LogP contribution in [0.3, 0.4) is 0 Å². The number of hydrogen-bond donors (Lipinski definition) is 1. The zero-order valence-corrected chi connectivity index (χ0v) is 11.1. The summed E-state index contributed by atoms with van der Waals surface area (Å²) in [5.74, 6) is 0. The maximum absolute atomic E-state index is 10.9. The highest BCUT2D eigenvalue weighted by atomic mass is 16.3. The zero-order valence-electron chi connectivity index (χ0n) is 11.1. The molecule has 1 aromatic heterocycles. The normalized spacial score (nSPS) is 20.1. The molecule has 1 unspecified atom stereocenters. The largest absolute Gasteiger partial charge is 0.472 e. The fourth-order valence-electron chi connectivity index (χ4n) is 3.42. The molecule has 2 aromatic rings. The Kier molecular flexibility index (Phi) is 3.43. The Morgan fingerprint density at radius 3 is 2.37 bits per heavy atom. The van der Waals surface area contributed by atoms with Gasteiger partial charge in [-0.25, -0.2) is 0 Å². The van der Waals surface area contributed by atoms with Crippen LogP contribution in [0, 0.1) is 0 Å². The lowest BCUT2D eigenvalue weighted by atomic mass is 9.65. The van der Waals surface area contributed by atoms with E-state index in [2.05, 4.69) is 24.3 Å². The van der Waals surface area contributed by atoms with Crippen molar-refractivity contribution >= 4 is 0 Å². The fraction of sp³-hybridized carbons (Fsp3) is 0.412. The molecule has 2 nitrogen and oxygen atoms in total. The third kappa shape index (κ3) is 2.21. The van der Waals surface area contributed by atoms with Gasteiger partial charge in [-0.3, -0.25) is 0 Å². The van der Waals surface area contributed by atoms with Crippen LogP contribution in [0.2, 0.25) is 0 Å². The number of aliphatic hydroxyl groups is 1. The lowest BCUT2D eigenvalue weighted by molar-refractivity contribution is 0.0523. The lowest BCUT2D eigenvalue weighted by Gasteiger charge is -2.41. The summed E-state index contributed by atoms with van der Waals surface area (Å²) in [4.78, 5) is 0. The topological polar surface area (TPSA) is 33.4 Å². The molecule has 1 aromatic carbocycles. The average Bonchev–Trinajstić information content (AvgIpc) is 3.02. The van der Waals surface area contributed by atoms with Crippen LogP contribution in [0.15, 0.2) is 53.3 Å². The maximum Gasteiger partial charge on any atom is 0.0960 e. The molecule has 0 bridgehead atoms. The van der Waals surface area contributed by atoms with E-state index in [1.54, 1.807) is 12.5 Å². The summed E-state index contributed by atoms with van der Waals surface area (Å²) in [6, 6.07) is 12.3. The molecule has 0 spiro atoms. The summed E-state index contributed by atoms with van der Waals surface area (Å²) in [5.41, 5.74) is 2.00. The molecule has 0 amide bonds. The van der Waals surface area contributed by atoms with Crippen LogP contribution in [-0.2, 0) is 5.41 Å². The monoisotopic (exact) mass is 256 g/mol. The Balaban J connectivity index is 2.02. The zero-order chi connectivity index (χ0) is 13.1. The van der Waals surface area contributed by atoms with Gasteiger partial charge in [0.2, 0.25) is 0 Å². The van der Waals surface area contributed by atoms with Gasteiger partial charge in [0.1, 0.15) is 0 Å². The van der Waals surface area contributed by atoms with Gasteiger partial charge in [0.05, 0.1) is 18.6 Å². The molecule has 19 heavy (non-hydrogen) atoms. The highest BCUT2D eigenvalue weighted by Crippen LogP contribution is 2.48. The first-order valence-corrected chi connectivity index (χ1v) is 7.09. The predicted octanol–water partition coefficient (Wildman–Crippen LogP) is 4.22.